The second kappa shape index (κ2) is 6.25. The van der Waals surface area contributed by atoms with Gasteiger partial charge >= 0.3 is 0 Å². The van der Waals surface area contributed by atoms with E-state index >= 15 is 0 Å². The number of aryl methyl sites for hydroxylation is 1. The Kier molecular flexibility index (Phi) is 4.81. The van der Waals surface area contributed by atoms with Gasteiger partial charge in [0.1, 0.15) is 5.82 Å². The average Bonchev–Trinajstić information content (AvgIpc) is 2.40. The van der Waals surface area contributed by atoms with Crippen LogP contribution in [0.2, 0.25) is 0 Å². The van der Waals surface area contributed by atoms with Crippen molar-refractivity contribution in [2.75, 3.05) is 7.05 Å². The van der Waals surface area contributed by atoms with Crippen molar-refractivity contribution < 1.29 is 12.8 Å². The molecule has 0 aliphatic carbocycles. The van der Waals surface area contributed by atoms with Gasteiger partial charge in [0.15, 0.2) is 0 Å². The number of halogens is 2. The van der Waals surface area contributed by atoms with E-state index in [1.807, 2.05) is 24.3 Å². The Bertz CT molecular complexity index is 745. The molecule has 0 aliphatic heterocycles. The lowest BCUT2D eigenvalue weighted by molar-refractivity contribution is 0.466. The third-order valence-corrected chi connectivity index (χ3v) is 5.64. The molecular weight excluding hydrogens is 357 g/mol. The second-order valence-corrected chi connectivity index (χ2v) is 7.73. The van der Waals surface area contributed by atoms with Gasteiger partial charge in [-0.25, -0.2) is 12.8 Å². The first kappa shape index (κ1) is 16.1. The Labute approximate surface area is 132 Å². The molecule has 21 heavy (non-hydrogen) atoms. The molecule has 0 aliphatic rings. The van der Waals surface area contributed by atoms with Crippen molar-refractivity contribution in [3.05, 3.63) is 63.9 Å². The van der Waals surface area contributed by atoms with Gasteiger partial charge < -0.3 is 0 Å². The number of rotatable bonds is 4. The van der Waals surface area contributed by atoms with Gasteiger partial charge in [0.05, 0.1) is 4.90 Å². The topological polar surface area (TPSA) is 37.4 Å². The van der Waals surface area contributed by atoms with E-state index in [-0.39, 0.29) is 11.4 Å². The molecule has 0 saturated heterocycles. The number of sulfonamides is 1. The van der Waals surface area contributed by atoms with E-state index in [2.05, 4.69) is 15.9 Å². The third-order valence-electron chi connectivity index (χ3n) is 3.14. The second-order valence-electron chi connectivity index (χ2n) is 4.80. The minimum Gasteiger partial charge on any atom is -0.207 e. The van der Waals surface area contributed by atoms with Gasteiger partial charge in [-0.05, 0) is 48.4 Å². The van der Waals surface area contributed by atoms with E-state index < -0.39 is 15.8 Å². The van der Waals surface area contributed by atoms with Gasteiger partial charge in [0.25, 0.3) is 0 Å². The van der Waals surface area contributed by atoms with Crippen molar-refractivity contribution >= 4 is 26.0 Å². The maximum atomic E-state index is 13.1. The van der Waals surface area contributed by atoms with E-state index in [1.165, 1.54) is 23.5 Å². The number of hydrogen-bond donors (Lipinski definition) is 0. The maximum absolute atomic E-state index is 13.1. The lowest BCUT2D eigenvalue weighted by Crippen LogP contribution is -2.27. The minimum atomic E-state index is -3.64. The molecule has 0 aromatic heterocycles. The monoisotopic (exact) mass is 371 g/mol. The molecule has 2 aromatic rings. The summed E-state index contributed by atoms with van der Waals surface area (Å²) in [6, 6.07) is 11.1. The summed E-state index contributed by atoms with van der Waals surface area (Å²) >= 11 is 3.34. The highest BCUT2D eigenvalue weighted by Crippen LogP contribution is 2.21. The lowest BCUT2D eigenvalue weighted by atomic mass is 10.2. The van der Waals surface area contributed by atoms with Crippen LogP contribution >= 0.6 is 15.9 Å². The smallest absolute Gasteiger partial charge is 0.207 e. The fraction of sp³-hybridized carbons (Fsp3) is 0.200. The molecule has 0 heterocycles. The van der Waals surface area contributed by atoms with Crippen LogP contribution in [0.3, 0.4) is 0 Å². The molecule has 0 N–H and O–H groups in total. The van der Waals surface area contributed by atoms with Crippen molar-refractivity contribution in [3.8, 4) is 0 Å². The van der Waals surface area contributed by atoms with Gasteiger partial charge in [-0.15, -0.1) is 0 Å². The SMILES string of the molecule is Cc1cc(F)ccc1S(=O)(=O)N(C)Cc1ccc(Br)cc1. The van der Waals surface area contributed by atoms with Crippen LogP contribution < -0.4 is 0 Å². The molecule has 2 rings (SSSR count). The summed E-state index contributed by atoms with van der Waals surface area (Å²) in [4.78, 5) is 0.128. The van der Waals surface area contributed by atoms with Crippen LogP contribution in [0.4, 0.5) is 4.39 Å². The summed E-state index contributed by atoms with van der Waals surface area (Å²) < 4.78 is 40.4. The zero-order chi connectivity index (χ0) is 15.6. The molecule has 0 fully saturated rings. The van der Waals surface area contributed by atoms with Gasteiger partial charge in [-0.2, -0.15) is 4.31 Å². The van der Waals surface area contributed by atoms with Crippen molar-refractivity contribution in [1.29, 1.82) is 0 Å². The van der Waals surface area contributed by atoms with E-state index in [0.29, 0.717) is 5.56 Å². The predicted molar refractivity (Wildman–Crippen MR) is 83.9 cm³/mol. The molecule has 2 aromatic carbocycles. The highest BCUT2D eigenvalue weighted by molar-refractivity contribution is 9.10. The molecule has 0 bridgehead atoms. The zero-order valence-electron chi connectivity index (χ0n) is 11.7. The summed E-state index contributed by atoms with van der Waals surface area (Å²) in [6.45, 7) is 1.84. The summed E-state index contributed by atoms with van der Waals surface area (Å²) in [7, 11) is -2.13. The molecule has 0 amide bonds. The number of nitrogens with zero attached hydrogens (tertiary/aromatic N) is 1. The Morgan fingerprint density at radius 2 is 1.76 bits per heavy atom. The molecule has 0 radical (unpaired) electrons. The van der Waals surface area contributed by atoms with Crippen LogP contribution in [0.15, 0.2) is 51.8 Å². The Morgan fingerprint density at radius 3 is 2.33 bits per heavy atom. The van der Waals surface area contributed by atoms with E-state index in [4.69, 9.17) is 0 Å². The molecule has 6 heteroatoms. The summed E-state index contributed by atoms with van der Waals surface area (Å²) in [5.41, 5.74) is 1.28. The highest BCUT2D eigenvalue weighted by Gasteiger charge is 2.23. The van der Waals surface area contributed by atoms with Crippen LogP contribution in [-0.4, -0.2) is 19.8 Å². The quantitative estimate of drug-likeness (QED) is 0.821. The predicted octanol–water partition coefficient (Wildman–Crippen LogP) is 3.72. The van der Waals surface area contributed by atoms with Crippen molar-refractivity contribution in [2.45, 2.75) is 18.4 Å². The van der Waals surface area contributed by atoms with Crippen LogP contribution in [0, 0.1) is 12.7 Å². The van der Waals surface area contributed by atoms with Gasteiger partial charge in [0, 0.05) is 18.1 Å². The Morgan fingerprint density at radius 1 is 1.14 bits per heavy atom. The van der Waals surface area contributed by atoms with Crippen LogP contribution in [0.25, 0.3) is 0 Å². The molecule has 112 valence electrons. The Hall–Kier alpha value is -1.24. The van der Waals surface area contributed by atoms with Crippen molar-refractivity contribution in [1.82, 2.24) is 4.31 Å². The lowest BCUT2D eigenvalue weighted by Gasteiger charge is -2.18. The molecule has 3 nitrogen and oxygen atoms in total. The van der Waals surface area contributed by atoms with Crippen molar-refractivity contribution in [3.63, 3.8) is 0 Å². The third kappa shape index (κ3) is 3.70. The van der Waals surface area contributed by atoms with Gasteiger partial charge in [0.2, 0.25) is 10.0 Å². The zero-order valence-corrected chi connectivity index (χ0v) is 14.1. The summed E-state index contributed by atoms with van der Waals surface area (Å²) in [5.74, 6) is -0.443. The molecule has 0 spiro atoms. The number of benzene rings is 2. The average molecular weight is 372 g/mol. The largest absolute Gasteiger partial charge is 0.243 e. The first-order valence-corrected chi connectivity index (χ1v) is 8.51. The first-order valence-electron chi connectivity index (χ1n) is 6.27. The van der Waals surface area contributed by atoms with Crippen LogP contribution in [0.1, 0.15) is 11.1 Å². The molecule has 0 atom stereocenters. The van der Waals surface area contributed by atoms with Crippen LogP contribution in [-0.2, 0) is 16.6 Å². The molecular formula is C15H15BrFNO2S. The first-order chi connectivity index (χ1) is 9.80. The van der Waals surface area contributed by atoms with E-state index in [0.717, 1.165) is 16.1 Å². The summed E-state index contributed by atoms with van der Waals surface area (Å²) in [5, 5.41) is 0. The molecule has 0 unspecified atom stereocenters. The normalized spacial score (nSPS) is 11.9. The fourth-order valence-corrected chi connectivity index (χ4v) is 3.63. The van der Waals surface area contributed by atoms with E-state index in [9.17, 15) is 12.8 Å². The maximum Gasteiger partial charge on any atom is 0.243 e. The van der Waals surface area contributed by atoms with E-state index in [1.54, 1.807) is 6.92 Å². The Balaban J connectivity index is 2.28. The van der Waals surface area contributed by atoms with Gasteiger partial charge in [-0.1, -0.05) is 28.1 Å². The standard InChI is InChI=1S/C15H15BrFNO2S/c1-11-9-14(17)7-8-15(11)21(19,20)18(2)10-12-3-5-13(16)6-4-12/h3-9H,10H2,1-2H3. The van der Waals surface area contributed by atoms with Crippen molar-refractivity contribution in [2.24, 2.45) is 0 Å². The number of hydrogen-bond acceptors (Lipinski definition) is 2. The van der Waals surface area contributed by atoms with Gasteiger partial charge in [-0.3, -0.25) is 0 Å². The minimum absolute atomic E-state index is 0.128. The highest BCUT2D eigenvalue weighted by atomic mass is 79.9. The fourth-order valence-electron chi connectivity index (χ4n) is 2.00. The van der Waals surface area contributed by atoms with Crippen LogP contribution in [0.5, 0.6) is 0 Å². The molecule has 0 saturated carbocycles. The summed E-state index contributed by atoms with van der Waals surface area (Å²) in [6.07, 6.45) is 0.